The summed E-state index contributed by atoms with van der Waals surface area (Å²) in [7, 11) is 5.26. The Morgan fingerprint density at radius 1 is 1.33 bits per heavy atom. The number of benzene rings is 1. The normalized spacial score (nSPS) is 16.6. The summed E-state index contributed by atoms with van der Waals surface area (Å²) in [5.41, 5.74) is 1.93. The topological polar surface area (TPSA) is 75.0 Å². The van der Waals surface area contributed by atoms with Crippen molar-refractivity contribution in [2.24, 2.45) is 12.0 Å². The second kappa shape index (κ2) is 8.68. The highest BCUT2D eigenvalue weighted by atomic mass is 16.5. The lowest BCUT2D eigenvalue weighted by molar-refractivity contribution is -0.120. The molecule has 1 amide bonds. The van der Waals surface area contributed by atoms with Gasteiger partial charge in [0, 0.05) is 47.0 Å². The Labute approximate surface area is 159 Å². The number of nitrogens with one attached hydrogen (secondary N) is 1. The van der Waals surface area contributed by atoms with Crippen molar-refractivity contribution in [3.8, 4) is 0 Å². The summed E-state index contributed by atoms with van der Waals surface area (Å²) in [6.45, 7) is 2.14. The van der Waals surface area contributed by atoms with Crippen molar-refractivity contribution in [3.05, 3.63) is 48.3 Å². The van der Waals surface area contributed by atoms with E-state index in [0.29, 0.717) is 25.6 Å². The molecule has 0 radical (unpaired) electrons. The van der Waals surface area contributed by atoms with Crippen LogP contribution in [0.15, 0.2) is 47.7 Å². The molecule has 1 atom stereocenters. The maximum Gasteiger partial charge on any atom is 0.246 e. The summed E-state index contributed by atoms with van der Waals surface area (Å²) < 4.78 is 7.29. The van der Waals surface area contributed by atoms with Crippen LogP contribution in [0.4, 0.5) is 5.69 Å². The predicted molar refractivity (Wildman–Crippen MR) is 105 cm³/mol. The van der Waals surface area contributed by atoms with Gasteiger partial charge in [-0.3, -0.25) is 14.5 Å². The first-order valence-electron chi connectivity index (χ1n) is 8.94. The zero-order valence-electron chi connectivity index (χ0n) is 16.0. The number of carbonyl (C=O) groups excluding carboxylic acids is 1. The number of aromatic nitrogens is 2. The summed E-state index contributed by atoms with van der Waals surface area (Å²) in [6, 6.07) is 10.0. The third-order valence-electron chi connectivity index (χ3n) is 4.64. The molecule has 27 heavy (non-hydrogen) atoms. The molecule has 1 saturated heterocycles. The summed E-state index contributed by atoms with van der Waals surface area (Å²) in [5.74, 6) is 0.732. The van der Waals surface area contributed by atoms with Gasteiger partial charge in [0.2, 0.25) is 5.91 Å². The minimum atomic E-state index is -0.0877. The van der Waals surface area contributed by atoms with Gasteiger partial charge >= 0.3 is 0 Å². The molecule has 0 bridgehead atoms. The lowest BCUT2D eigenvalue weighted by Crippen LogP contribution is -2.55. The van der Waals surface area contributed by atoms with Crippen LogP contribution in [0.25, 0.3) is 0 Å². The number of hydrogen-bond acceptors (Lipinski definition) is 4. The van der Waals surface area contributed by atoms with Gasteiger partial charge in [-0.1, -0.05) is 30.3 Å². The first-order chi connectivity index (χ1) is 13.1. The second-order valence-corrected chi connectivity index (χ2v) is 6.40. The fourth-order valence-electron chi connectivity index (χ4n) is 3.20. The molecule has 0 spiro atoms. The fourth-order valence-corrected chi connectivity index (χ4v) is 3.20. The molecule has 1 fully saturated rings. The molecule has 8 heteroatoms. The second-order valence-electron chi connectivity index (χ2n) is 6.40. The Kier molecular flexibility index (Phi) is 6.08. The van der Waals surface area contributed by atoms with Gasteiger partial charge in [0.15, 0.2) is 5.96 Å². The highest BCUT2D eigenvalue weighted by molar-refractivity contribution is 5.98. The van der Waals surface area contributed by atoms with Crippen LogP contribution in [-0.2, 0) is 16.6 Å². The summed E-state index contributed by atoms with van der Waals surface area (Å²) in [6.07, 6.45) is 3.48. The van der Waals surface area contributed by atoms with Crippen molar-refractivity contribution in [2.45, 2.75) is 6.10 Å². The number of methoxy groups -OCH3 is 1. The quantitative estimate of drug-likeness (QED) is 0.629. The lowest BCUT2D eigenvalue weighted by Gasteiger charge is -2.35. The van der Waals surface area contributed by atoms with Gasteiger partial charge in [0.1, 0.15) is 6.54 Å². The minimum absolute atomic E-state index is 0.0311. The van der Waals surface area contributed by atoms with E-state index in [1.165, 1.54) is 0 Å². The molecule has 1 aromatic heterocycles. The number of carbonyl (C=O) groups is 1. The number of guanidine groups is 1. The molecule has 1 N–H and O–H groups in total. The number of rotatable bonds is 5. The smallest absolute Gasteiger partial charge is 0.246 e. The maximum absolute atomic E-state index is 12.6. The van der Waals surface area contributed by atoms with Gasteiger partial charge in [-0.25, -0.2) is 0 Å². The third-order valence-corrected chi connectivity index (χ3v) is 4.64. The predicted octanol–water partition coefficient (Wildman–Crippen LogP) is 1.03. The van der Waals surface area contributed by atoms with E-state index in [0.717, 1.165) is 11.3 Å². The van der Waals surface area contributed by atoms with E-state index >= 15 is 0 Å². The van der Waals surface area contributed by atoms with Gasteiger partial charge in [0.25, 0.3) is 0 Å². The van der Waals surface area contributed by atoms with Crippen molar-refractivity contribution in [3.63, 3.8) is 0 Å². The standard InChI is InChI=1S/C19H26N6O2/c1-20-19(21-12-17(27-3)15-7-5-4-6-8-15)24-9-10-25(18(26)14-24)16-11-22-23(2)13-16/h4-8,11,13,17H,9-10,12,14H2,1-3H3,(H,20,21). The number of aliphatic imine (C=N–C) groups is 1. The Balaban J connectivity index is 1.59. The van der Waals surface area contributed by atoms with Crippen molar-refractivity contribution >= 4 is 17.6 Å². The van der Waals surface area contributed by atoms with E-state index in [1.807, 2.05) is 48.5 Å². The number of piperazine rings is 1. The summed E-state index contributed by atoms with van der Waals surface area (Å²) in [4.78, 5) is 20.7. The Bertz CT molecular complexity index is 789. The third kappa shape index (κ3) is 4.46. The number of amides is 1. The molecule has 2 heterocycles. The monoisotopic (exact) mass is 370 g/mol. The minimum Gasteiger partial charge on any atom is -0.375 e. The van der Waals surface area contributed by atoms with Crippen LogP contribution in [0.3, 0.4) is 0 Å². The molecule has 1 aliphatic heterocycles. The summed E-state index contributed by atoms with van der Waals surface area (Å²) >= 11 is 0. The van der Waals surface area contributed by atoms with Crippen LogP contribution in [0.1, 0.15) is 11.7 Å². The molecule has 1 aliphatic rings. The molecule has 2 aromatic rings. The van der Waals surface area contributed by atoms with Gasteiger partial charge in [-0.05, 0) is 5.56 Å². The highest BCUT2D eigenvalue weighted by Gasteiger charge is 2.28. The maximum atomic E-state index is 12.6. The molecule has 0 aliphatic carbocycles. The van der Waals surface area contributed by atoms with Crippen molar-refractivity contribution in [2.75, 3.05) is 45.2 Å². The zero-order valence-corrected chi connectivity index (χ0v) is 16.0. The number of ether oxygens (including phenoxy) is 1. The van der Waals surface area contributed by atoms with E-state index in [2.05, 4.69) is 15.4 Å². The summed E-state index contributed by atoms with van der Waals surface area (Å²) in [5, 5.41) is 7.47. The van der Waals surface area contributed by atoms with Crippen LogP contribution in [0.5, 0.6) is 0 Å². The molecule has 8 nitrogen and oxygen atoms in total. The molecular weight excluding hydrogens is 344 g/mol. The van der Waals surface area contributed by atoms with E-state index in [1.54, 1.807) is 29.9 Å². The fraction of sp³-hybridized carbons (Fsp3) is 0.421. The van der Waals surface area contributed by atoms with Gasteiger partial charge in [0.05, 0.1) is 18.0 Å². The lowest BCUT2D eigenvalue weighted by atomic mass is 10.1. The number of nitrogens with zero attached hydrogens (tertiary/aromatic N) is 5. The van der Waals surface area contributed by atoms with Crippen LogP contribution < -0.4 is 10.2 Å². The highest BCUT2D eigenvalue weighted by Crippen LogP contribution is 2.17. The van der Waals surface area contributed by atoms with Gasteiger partial charge in [-0.2, -0.15) is 5.10 Å². The molecule has 3 rings (SSSR count). The van der Waals surface area contributed by atoms with Crippen LogP contribution in [-0.4, -0.2) is 66.9 Å². The van der Waals surface area contributed by atoms with E-state index in [9.17, 15) is 4.79 Å². The van der Waals surface area contributed by atoms with E-state index in [4.69, 9.17) is 4.74 Å². The van der Waals surface area contributed by atoms with E-state index < -0.39 is 0 Å². The van der Waals surface area contributed by atoms with Crippen molar-refractivity contribution in [1.82, 2.24) is 20.0 Å². The van der Waals surface area contributed by atoms with Crippen LogP contribution >= 0.6 is 0 Å². The van der Waals surface area contributed by atoms with Crippen LogP contribution in [0.2, 0.25) is 0 Å². The Morgan fingerprint density at radius 3 is 2.70 bits per heavy atom. The van der Waals surface area contributed by atoms with Crippen LogP contribution in [0, 0.1) is 0 Å². The average Bonchev–Trinajstić information content (AvgIpc) is 3.12. The average molecular weight is 370 g/mol. The van der Waals surface area contributed by atoms with Crippen molar-refractivity contribution in [1.29, 1.82) is 0 Å². The molecule has 0 saturated carbocycles. The zero-order chi connectivity index (χ0) is 19.2. The van der Waals surface area contributed by atoms with Gasteiger partial charge in [-0.15, -0.1) is 0 Å². The molecule has 1 unspecified atom stereocenters. The number of anilines is 1. The van der Waals surface area contributed by atoms with E-state index in [-0.39, 0.29) is 18.6 Å². The first kappa shape index (κ1) is 18.9. The Hall–Kier alpha value is -2.87. The van der Waals surface area contributed by atoms with Gasteiger partial charge < -0.3 is 19.9 Å². The number of aryl methyl sites for hydroxylation is 1. The SMILES string of the molecule is CN=C(NCC(OC)c1ccccc1)N1CCN(c2cnn(C)c2)C(=O)C1. The molecule has 144 valence electrons. The first-order valence-corrected chi connectivity index (χ1v) is 8.94. The largest absolute Gasteiger partial charge is 0.375 e. The molecular formula is C19H26N6O2. The Morgan fingerprint density at radius 2 is 2.11 bits per heavy atom. The number of hydrogen-bond donors (Lipinski definition) is 1. The molecule has 1 aromatic carbocycles. The van der Waals surface area contributed by atoms with Crippen molar-refractivity contribution < 1.29 is 9.53 Å².